The summed E-state index contributed by atoms with van der Waals surface area (Å²) >= 11 is 5.92. The van der Waals surface area contributed by atoms with E-state index in [4.69, 9.17) is 21.4 Å². The molecule has 18 heavy (non-hydrogen) atoms. The summed E-state index contributed by atoms with van der Waals surface area (Å²) in [5.74, 6) is 0.812. The molecule has 94 valence electrons. The van der Waals surface area contributed by atoms with E-state index in [9.17, 15) is 0 Å². The van der Waals surface area contributed by atoms with E-state index < -0.39 is 0 Å². The number of benzene rings is 2. The summed E-state index contributed by atoms with van der Waals surface area (Å²) in [7, 11) is 0. The van der Waals surface area contributed by atoms with Gasteiger partial charge in [0, 0.05) is 11.6 Å². The number of aliphatic hydroxyl groups is 1. The topological polar surface area (TPSA) is 29.5 Å². The summed E-state index contributed by atoms with van der Waals surface area (Å²) in [4.78, 5) is 0. The first-order valence-electron chi connectivity index (χ1n) is 5.85. The van der Waals surface area contributed by atoms with Crippen molar-refractivity contribution in [3.05, 3.63) is 64.7 Å². The van der Waals surface area contributed by atoms with Crippen molar-refractivity contribution in [2.75, 3.05) is 6.61 Å². The molecule has 0 aliphatic carbocycles. The molecule has 2 rings (SSSR count). The Labute approximate surface area is 112 Å². The molecule has 2 aromatic carbocycles. The van der Waals surface area contributed by atoms with E-state index in [1.54, 1.807) is 0 Å². The molecule has 0 fully saturated rings. The zero-order chi connectivity index (χ0) is 12.8. The van der Waals surface area contributed by atoms with Crippen molar-refractivity contribution in [3.63, 3.8) is 0 Å². The van der Waals surface area contributed by atoms with Crippen LogP contribution in [-0.2, 0) is 13.0 Å². The minimum atomic E-state index is 0.123. The standard InChI is InChI=1S/C15H15ClO2/c16-14-6-3-4-12(10-14)11-18-15-7-2-1-5-13(15)8-9-17/h1-7,10,17H,8-9,11H2. The maximum absolute atomic E-state index is 8.99. The van der Waals surface area contributed by atoms with Crippen LogP contribution < -0.4 is 4.74 Å². The summed E-state index contributed by atoms with van der Waals surface area (Å²) in [6.45, 7) is 0.598. The molecule has 0 heterocycles. The summed E-state index contributed by atoms with van der Waals surface area (Å²) in [6.07, 6.45) is 0.603. The monoisotopic (exact) mass is 262 g/mol. The lowest BCUT2D eigenvalue weighted by molar-refractivity contribution is 0.284. The number of para-hydroxylation sites is 1. The van der Waals surface area contributed by atoms with Gasteiger partial charge in [0.15, 0.2) is 0 Å². The van der Waals surface area contributed by atoms with E-state index in [2.05, 4.69) is 0 Å². The highest BCUT2D eigenvalue weighted by atomic mass is 35.5. The lowest BCUT2D eigenvalue weighted by Gasteiger charge is -2.10. The van der Waals surface area contributed by atoms with Gasteiger partial charge in [-0.2, -0.15) is 0 Å². The van der Waals surface area contributed by atoms with Crippen LogP contribution in [-0.4, -0.2) is 11.7 Å². The Morgan fingerprint density at radius 1 is 1.06 bits per heavy atom. The van der Waals surface area contributed by atoms with Crippen molar-refractivity contribution in [2.45, 2.75) is 13.0 Å². The van der Waals surface area contributed by atoms with Gasteiger partial charge in [0.05, 0.1) is 0 Å². The van der Waals surface area contributed by atoms with Crippen LogP contribution in [0.4, 0.5) is 0 Å². The molecule has 0 bridgehead atoms. The van der Waals surface area contributed by atoms with Gasteiger partial charge in [-0.1, -0.05) is 41.9 Å². The van der Waals surface area contributed by atoms with E-state index in [0.717, 1.165) is 16.9 Å². The molecule has 0 spiro atoms. The molecule has 0 saturated carbocycles. The number of halogens is 1. The molecule has 0 radical (unpaired) electrons. The third-order valence-electron chi connectivity index (χ3n) is 2.64. The molecule has 0 aromatic heterocycles. The second kappa shape index (κ2) is 6.43. The molecule has 2 nitrogen and oxygen atoms in total. The Morgan fingerprint density at radius 3 is 2.67 bits per heavy atom. The molecule has 1 N–H and O–H groups in total. The Bertz CT molecular complexity index is 511. The molecule has 0 aliphatic rings. The van der Waals surface area contributed by atoms with E-state index in [1.165, 1.54) is 0 Å². The zero-order valence-electron chi connectivity index (χ0n) is 9.97. The lowest BCUT2D eigenvalue weighted by Crippen LogP contribution is -2.00. The number of rotatable bonds is 5. The summed E-state index contributed by atoms with van der Waals surface area (Å²) in [5.41, 5.74) is 2.04. The van der Waals surface area contributed by atoms with Gasteiger partial charge in [0.1, 0.15) is 12.4 Å². The first-order valence-corrected chi connectivity index (χ1v) is 6.23. The average Bonchev–Trinajstić information content (AvgIpc) is 2.38. The second-order valence-electron chi connectivity index (χ2n) is 4.00. The highest BCUT2D eigenvalue weighted by molar-refractivity contribution is 6.30. The highest BCUT2D eigenvalue weighted by Gasteiger charge is 2.03. The van der Waals surface area contributed by atoms with Gasteiger partial charge in [-0.25, -0.2) is 0 Å². The third kappa shape index (κ3) is 3.49. The molecule has 0 aliphatic heterocycles. The molecule has 0 amide bonds. The summed E-state index contributed by atoms with van der Waals surface area (Å²) in [6, 6.07) is 15.3. The minimum Gasteiger partial charge on any atom is -0.489 e. The molecule has 0 unspecified atom stereocenters. The quantitative estimate of drug-likeness (QED) is 0.894. The predicted molar refractivity (Wildman–Crippen MR) is 73.0 cm³/mol. The van der Waals surface area contributed by atoms with Gasteiger partial charge in [-0.3, -0.25) is 0 Å². The molecule has 0 atom stereocenters. The van der Waals surface area contributed by atoms with Crippen molar-refractivity contribution in [2.24, 2.45) is 0 Å². The van der Waals surface area contributed by atoms with Crippen LogP contribution in [0.2, 0.25) is 5.02 Å². The normalized spacial score (nSPS) is 10.3. The van der Waals surface area contributed by atoms with E-state index in [1.807, 2.05) is 48.5 Å². The SMILES string of the molecule is OCCc1ccccc1OCc1cccc(Cl)c1. The Morgan fingerprint density at radius 2 is 1.89 bits per heavy atom. The third-order valence-corrected chi connectivity index (χ3v) is 2.87. The Hall–Kier alpha value is -1.51. The van der Waals surface area contributed by atoms with Gasteiger partial charge in [0.2, 0.25) is 0 Å². The number of aliphatic hydroxyl groups excluding tert-OH is 1. The first kappa shape index (κ1) is 12.9. The Balaban J connectivity index is 2.06. The fourth-order valence-electron chi connectivity index (χ4n) is 1.76. The smallest absolute Gasteiger partial charge is 0.123 e. The largest absolute Gasteiger partial charge is 0.489 e. The van der Waals surface area contributed by atoms with Crippen LogP contribution in [0.25, 0.3) is 0 Å². The highest BCUT2D eigenvalue weighted by Crippen LogP contribution is 2.20. The fraction of sp³-hybridized carbons (Fsp3) is 0.200. The van der Waals surface area contributed by atoms with Crippen LogP contribution >= 0.6 is 11.6 Å². The fourth-order valence-corrected chi connectivity index (χ4v) is 1.97. The number of hydrogen-bond donors (Lipinski definition) is 1. The molecule has 0 saturated heterocycles. The van der Waals surface area contributed by atoms with Gasteiger partial charge in [-0.15, -0.1) is 0 Å². The average molecular weight is 263 g/mol. The predicted octanol–water partition coefficient (Wildman–Crippen LogP) is 3.45. The second-order valence-corrected chi connectivity index (χ2v) is 4.44. The van der Waals surface area contributed by atoms with Gasteiger partial charge in [0.25, 0.3) is 0 Å². The van der Waals surface area contributed by atoms with Crippen LogP contribution in [0.1, 0.15) is 11.1 Å². The summed E-state index contributed by atoms with van der Waals surface area (Å²) in [5, 5.41) is 9.70. The van der Waals surface area contributed by atoms with Gasteiger partial charge in [-0.05, 0) is 35.7 Å². The van der Waals surface area contributed by atoms with E-state index in [-0.39, 0.29) is 6.61 Å². The molecule has 3 heteroatoms. The van der Waals surface area contributed by atoms with Crippen molar-refractivity contribution in [1.29, 1.82) is 0 Å². The number of hydrogen-bond acceptors (Lipinski definition) is 2. The van der Waals surface area contributed by atoms with Crippen molar-refractivity contribution in [1.82, 2.24) is 0 Å². The summed E-state index contributed by atoms with van der Waals surface area (Å²) < 4.78 is 5.76. The van der Waals surface area contributed by atoms with E-state index in [0.29, 0.717) is 18.1 Å². The van der Waals surface area contributed by atoms with Crippen LogP contribution in [0, 0.1) is 0 Å². The Kier molecular flexibility index (Phi) is 4.62. The lowest BCUT2D eigenvalue weighted by atomic mass is 10.1. The molecular weight excluding hydrogens is 248 g/mol. The zero-order valence-corrected chi connectivity index (χ0v) is 10.7. The van der Waals surface area contributed by atoms with Crippen LogP contribution in [0.5, 0.6) is 5.75 Å². The maximum Gasteiger partial charge on any atom is 0.123 e. The van der Waals surface area contributed by atoms with Crippen molar-refractivity contribution >= 4 is 11.6 Å². The first-order chi connectivity index (χ1) is 8.79. The van der Waals surface area contributed by atoms with E-state index >= 15 is 0 Å². The van der Waals surface area contributed by atoms with Crippen LogP contribution in [0.3, 0.4) is 0 Å². The van der Waals surface area contributed by atoms with Gasteiger partial charge < -0.3 is 9.84 Å². The van der Waals surface area contributed by atoms with Crippen molar-refractivity contribution < 1.29 is 9.84 Å². The molecule has 2 aromatic rings. The molecular formula is C15H15ClO2. The van der Waals surface area contributed by atoms with Gasteiger partial charge >= 0.3 is 0 Å². The maximum atomic E-state index is 8.99. The van der Waals surface area contributed by atoms with Crippen LogP contribution in [0.15, 0.2) is 48.5 Å². The number of ether oxygens (including phenoxy) is 1. The minimum absolute atomic E-state index is 0.123. The van der Waals surface area contributed by atoms with Crippen molar-refractivity contribution in [3.8, 4) is 5.75 Å².